The monoisotopic (exact) mass is 249 g/mol. The fraction of sp³-hybridized carbons (Fsp3) is 0.600. The second-order valence-electron chi connectivity index (χ2n) is 4.82. The summed E-state index contributed by atoms with van der Waals surface area (Å²) in [4.78, 5) is 1.50. The predicted octanol–water partition coefficient (Wildman–Crippen LogP) is 3.87. The molecule has 0 bridgehead atoms. The van der Waals surface area contributed by atoms with Crippen LogP contribution in [-0.4, -0.2) is 17.8 Å². The predicted molar refractivity (Wildman–Crippen MR) is 76.8 cm³/mol. The molecule has 1 aliphatic rings. The molecule has 2 rings (SSSR count). The maximum Gasteiger partial charge on any atom is 0.0289 e. The van der Waals surface area contributed by atoms with Crippen LogP contribution < -0.4 is 5.32 Å². The number of hydrogen-bond donors (Lipinski definition) is 1. The molecule has 0 saturated carbocycles. The Morgan fingerprint density at radius 2 is 2.12 bits per heavy atom. The largest absolute Gasteiger partial charge is 0.313 e. The average molecular weight is 249 g/mol. The van der Waals surface area contributed by atoms with Gasteiger partial charge in [0.15, 0.2) is 0 Å². The van der Waals surface area contributed by atoms with E-state index >= 15 is 0 Å². The van der Waals surface area contributed by atoms with Crippen molar-refractivity contribution < 1.29 is 0 Å². The molecule has 0 radical (unpaired) electrons. The molecule has 1 aliphatic heterocycles. The summed E-state index contributed by atoms with van der Waals surface area (Å²) >= 11 is 2.07. The first-order valence-corrected chi connectivity index (χ1v) is 7.71. The van der Waals surface area contributed by atoms with Crippen LogP contribution in [0.4, 0.5) is 0 Å². The zero-order chi connectivity index (χ0) is 12.1. The van der Waals surface area contributed by atoms with E-state index < -0.39 is 0 Å². The van der Waals surface area contributed by atoms with Crippen LogP contribution in [-0.2, 0) is 6.42 Å². The van der Waals surface area contributed by atoms with Crippen molar-refractivity contribution in [2.45, 2.75) is 55.7 Å². The molecule has 2 atom stereocenters. The van der Waals surface area contributed by atoms with Crippen LogP contribution in [0.25, 0.3) is 0 Å². The highest BCUT2D eigenvalue weighted by Gasteiger charge is 2.28. The highest BCUT2D eigenvalue weighted by molar-refractivity contribution is 8.00. The number of fused-ring (bicyclic) bond motifs is 1. The van der Waals surface area contributed by atoms with E-state index in [1.165, 1.54) is 30.6 Å². The van der Waals surface area contributed by atoms with Crippen molar-refractivity contribution in [2.75, 3.05) is 6.54 Å². The van der Waals surface area contributed by atoms with Gasteiger partial charge in [0.25, 0.3) is 0 Å². The first-order valence-electron chi connectivity index (χ1n) is 6.83. The summed E-state index contributed by atoms with van der Waals surface area (Å²) < 4.78 is 0. The van der Waals surface area contributed by atoms with Gasteiger partial charge in [-0.25, -0.2) is 0 Å². The minimum atomic E-state index is 0.678. The Bertz CT molecular complexity index is 326. The molecule has 2 heteroatoms. The highest BCUT2D eigenvalue weighted by Crippen LogP contribution is 2.39. The van der Waals surface area contributed by atoms with Crippen molar-refractivity contribution in [2.24, 2.45) is 0 Å². The highest BCUT2D eigenvalue weighted by atomic mass is 32.2. The second kappa shape index (κ2) is 6.46. The average Bonchev–Trinajstić information content (AvgIpc) is 2.78. The van der Waals surface area contributed by atoms with Crippen LogP contribution >= 0.6 is 11.8 Å². The Balaban J connectivity index is 1.98. The van der Waals surface area contributed by atoms with Crippen LogP contribution in [0.2, 0.25) is 0 Å². The van der Waals surface area contributed by atoms with E-state index in [2.05, 4.69) is 55.2 Å². The summed E-state index contributed by atoms with van der Waals surface area (Å²) in [5.74, 6) is 0. The maximum absolute atomic E-state index is 3.73. The van der Waals surface area contributed by atoms with E-state index in [0.717, 1.165) is 11.8 Å². The fourth-order valence-corrected chi connectivity index (χ4v) is 3.94. The summed E-state index contributed by atoms with van der Waals surface area (Å²) in [5.41, 5.74) is 1.54. The Kier molecular flexibility index (Phi) is 4.93. The summed E-state index contributed by atoms with van der Waals surface area (Å²) in [7, 11) is 0. The van der Waals surface area contributed by atoms with Crippen molar-refractivity contribution in [1.82, 2.24) is 5.32 Å². The molecule has 1 N–H and O–H groups in total. The van der Waals surface area contributed by atoms with Crippen molar-refractivity contribution in [3.8, 4) is 0 Å². The van der Waals surface area contributed by atoms with Gasteiger partial charge in [-0.3, -0.25) is 0 Å². The van der Waals surface area contributed by atoms with E-state index in [4.69, 9.17) is 0 Å². The van der Waals surface area contributed by atoms with Gasteiger partial charge < -0.3 is 5.32 Å². The molecular weight excluding hydrogens is 226 g/mol. The van der Waals surface area contributed by atoms with E-state index in [9.17, 15) is 0 Å². The Morgan fingerprint density at radius 3 is 2.82 bits per heavy atom. The summed E-state index contributed by atoms with van der Waals surface area (Å²) in [6.07, 6.45) is 5.03. The first-order chi connectivity index (χ1) is 8.35. The lowest BCUT2D eigenvalue weighted by atomic mass is 10.0. The number of rotatable bonds is 6. The van der Waals surface area contributed by atoms with Crippen LogP contribution in [0.15, 0.2) is 29.2 Å². The Morgan fingerprint density at radius 1 is 1.29 bits per heavy atom. The lowest BCUT2D eigenvalue weighted by Crippen LogP contribution is -2.38. The molecule has 0 amide bonds. The van der Waals surface area contributed by atoms with Crippen molar-refractivity contribution in [3.63, 3.8) is 0 Å². The quantitative estimate of drug-likeness (QED) is 0.821. The minimum absolute atomic E-state index is 0.678. The smallest absolute Gasteiger partial charge is 0.0289 e. The molecule has 1 nitrogen and oxygen atoms in total. The van der Waals surface area contributed by atoms with Crippen LogP contribution in [0.5, 0.6) is 0 Å². The van der Waals surface area contributed by atoms with Crippen LogP contribution in [0.1, 0.15) is 38.7 Å². The number of thioether (sulfide) groups is 1. The standard InChI is InChI=1S/C15H23NS/c1-3-7-13(16-10-4-2)15-11-12-8-5-6-9-14(12)17-15/h5-6,8-9,13,15-16H,3-4,7,10-11H2,1-2H3. The van der Waals surface area contributed by atoms with Crippen molar-refractivity contribution in [1.29, 1.82) is 0 Å². The molecule has 0 aromatic heterocycles. The zero-order valence-corrected chi connectivity index (χ0v) is 11.7. The van der Waals surface area contributed by atoms with Gasteiger partial charge in [0, 0.05) is 16.2 Å². The summed E-state index contributed by atoms with van der Waals surface area (Å²) in [5, 5.41) is 4.46. The van der Waals surface area contributed by atoms with E-state index in [1.54, 1.807) is 5.56 Å². The zero-order valence-electron chi connectivity index (χ0n) is 10.9. The van der Waals surface area contributed by atoms with Gasteiger partial charge in [0.05, 0.1) is 0 Å². The van der Waals surface area contributed by atoms with Crippen LogP contribution in [0, 0.1) is 0 Å². The number of hydrogen-bond acceptors (Lipinski definition) is 2. The van der Waals surface area contributed by atoms with Gasteiger partial charge in [-0.2, -0.15) is 0 Å². The SMILES string of the molecule is CCCNC(CCC)C1Cc2ccccc2S1. The molecule has 1 aromatic rings. The second-order valence-corrected chi connectivity index (χ2v) is 6.10. The Labute approximate surface area is 109 Å². The lowest BCUT2D eigenvalue weighted by Gasteiger charge is -2.23. The normalized spacial score (nSPS) is 20.2. The fourth-order valence-electron chi connectivity index (χ4n) is 2.49. The lowest BCUT2D eigenvalue weighted by molar-refractivity contribution is 0.461. The molecular formula is C15H23NS. The molecule has 0 fully saturated rings. The molecule has 0 spiro atoms. The molecule has 94 valence electrons. The van der Waals surface area contributed by atoms with E-state index in [-0.39, 0.29) is 0 Å². The third kappa shape index (κ3) is 3.26. The van der Waals surface area contributed by atoms with Gasteiger partial charge >= 0.3 is 0 Å². The molecule has 2 unspecified atom stereocenters. The van der Waals surface area contributed by atoms with E-state index in [0.29, 0.717) is 6.04 Å². The van der Waals surface area contributed by atoms with Crippen LogP contribution in [0.3, 0.4) is 0 Å². The summed E-state index contributed by atoms with van der Waals surface area (Å²) in [6.45, 7) is 5.68. The van der Waals surface area contributed by atoms with E-state index in [1.807, 2.05) is 0 Å². The third-order valence-corrected chi connectivity index (χ3v) is 4.83. The van der Waals surface area contributed by atoms with Gasteiger partial charge in [-0.05, 0) is 37.4 Å². The minimum Gasteiger partial charge on any atom is -0.313 e. The van der Waals surface area contributed by atoms with Crippen molar-refractivity contribution in [3.05, 3.63) is 29.8 Å². The number of benzene rings is 1. The van der Waals surface area contributed by atoms with Gasteiger partial charge in [-0.1, -0.05) is 38.5 Å². The number of nitrogens with one attached hydrogen (secondary N) is 1. The molecule has 1 aromatic carbocycles. The van der Waals surface area contributed by atoms with Gasteiger partial charge in [0.2, 0.25) is 0 Å². The van der Waals surface area contributed by atoms with Gasteiger partial charge in [-0.15, -0.1) is 11.8 Å². The molecule has 1 heterocycles. The third-order valence-electron chi connectivity index (χ3n) is 3.38. The first kappa shape index (κ1) is 13.0. The topological polar surface area (TPSA) is 12.0 Å². The van der Waals surface area contributed by atoms with Gasteiger partial charge in [0.1, 0.15) is 0 Å². The summed E-state index contributed by atoms with van der Waals surface area (Å²) in [6, 6.07) is 9.55. The maximum atomic E-state index is 3.73. The molecule has 0 aliphatic carbocycles. The Hall–Kier alpha value is -0.470. The molecule has 17 heavy (non-hydrogen) atoms. The van der Waals surface area contributed by atoms with Crippen molar-refractivity contribution >= 4 is 11.8 Å². The molecule has 0 saturated heterocycles.